The van der Waals surface area contributed by atoms with Crippen molar-refractivity contribution in [3.8, 4) is 5.75 Å². The molecule has 0 aliphatic heterocycles. The Labute approximate surface area is 99.9 Å². The van der Waals surface area contributed by atoms with Gasteiger partial charge >= 0.3 is 0 Å². The zero-order valence-corrected chi connectivity index (χ0v) is 9.74. The van der Waals surface area contributed by atoms with Crippen molar-refractivity contribution in [1.29, 1.82) is 0 Å². The highest BCUT2D eigenvalue weighted by molar-refractivity contribution is 9.10. The highest BCUT2D eigenvalue weighted by atomic mass is 79.9. The zero-order valence-electron chi connectivity index (χ0n) is 8.16. The quantitative estimate of drug-likeness (QED) is 0.447. The Kier molecular flexibility index (Phi) is 4.57. The van der Waals surface area contributed by atoms with Crippen LogP contribution in [0.25, 0.3) is 10.4 Å². The highest BCUT2D eigenvalue weighted by Gasteiger charge is 2.20. The maximum atomic E-state index is 9.75. The topological polar surface area (TPSA) is 109 Å². The van der Waals surface area contributed by atoms with Gasteiger partial charge < -0.3 is 15.3 Å². The van der Waals surface area contributed by atoms with Crippen molar-refractivity contribution >= 4 is 15.9 Å². The molecule has 0 saturated heterocycles. The molecule has 0 amide bonds. The molecule has 0 heterocycles. The van der Waals surface area contributed by atoms with E-state index in [1.165, 1.54) is 12.1 Å². The Hall–Kier alpha value is -1.27. The van der Waals surface area contributed by atoms with Crippen molar-refractivity contribution in [3.05, 3.63) is 38.7 Å². The zero-order chi connectivity index (χ0) is 12.1. The number of hydrogen-bond donors (Lipinski definition) is 3. The lowest BCUT2D eigenvalue weighted by atomic mass is 10.0. The van der Waals surface area contributed by atoms with Gasteiger partial charge in [-0.05, 0) is 23.7 Å². The second-order valence-electron chi connectivity index (χ2n) is 3.13. The first-order chi connectivity index (χ1) is 7.56. The van der Waals surface area contributed by atoms with Crippen LogP contribution in [0.3, 0.4) is 0 Å². The lowest BCUT2D eigenvalue weighted by molar-refractivity contribution is 0.0239. The third-order valence-corrected chi connectivity index (χ3v) is 2.72. The van der Waals surface area contributed by atoms with Crippen molar-refractivity contribution in [3.63, 3.8) is 0 Å². The van der Waals surface area contributed by atoms with Gasteiger partial charge in [0.15, 0.2) is 0 Å². The van der Waals surface area contributed by atoms with Gasteiger partial charge in [-0.3, -0.25) is 0 Å². The summed E-state index contributed by atoms with van der Waals surface area (Å²) in [5.41, 5.74) is 8.42. The van der Waals surface area contributed by atoms with Crippen LogP contribution in [0.5, 0.6) is 5.75 Å². The van der Waals surface area contributed by atoms with Crippen LogP contribution in [0.1, 0.15) is 11.7 Å². The summed E-state index contributed by atoms with van der Waals surface area (Å²) in [6.07, 6.45) is -2.44. The van der Waals surface area contributed by atoms with Crippen LogP contribution in [0.2, 0.25) is 0 Å². The van der Waals surface area contributed by atoms with Crippen LogP contribution in [0.15, 0.2) is 27.8 Å². The van der Waals surface area contributed by atoms with Gasteiger partial charge in [-0.25, -0.2) is 0 Å². The summed E-state index contributed by atoms with van der Waals surface area (Å²) in [6, 6.07) is 4.32. The predicted molar refractivity (Wildman–Crippen MR) is 60.8 cm³/mol. The van der Waals surface area contributed by atoms with Crippen LogP contribution in [-0.2, 0) is 0 Å². The van der Waals surface area contributed by atoms with E-state index in [4.69, 9.17) is 5.53 Å². The summed E-state index contributed by atoms with van der Waals surface area (Å²) in [4.78, 5) is 2.48. The second kappa shape index (κ2) is 5.72. The number of phenolic OH excluding ortho intramolecular Hbond substituents is 1. The Morgan fingerprint density at radius 1 is 1.44 bits per heavy atom. The molecule has 16 heavy (non-hydrogen) atoms. The molecular weight excluding hydrogens is 278 g/mol. The summed E-state index contributed by atoms with van der Waals surface area (Å²) in [6.45, 7) is -0.236. The summed E-state index contributed by atoms with van der Waals surface area (Å²) in [5.74, 6) is -0.0202. The maximum absolute atomic E-state index is 9.75. The van der Waals surface area contributed by atoms with Gasteiger partial charge in [0.25, 0.3) is 0 Å². The molecule has 1 aromatic carbocycles. The number of hydrogen-bond acceptors (Lipinski definition) is 4. The van der Waals surface area contributed by atoms with Crippen molar-refractivity contribution in [2.45, 2.75) is 12.2 Å². The first kappa shape index (κ1) is 12.8. The van der Waals surface area contributed by atoms with E-state index >= 15 is 0 Å². The first-order valence-corrected chi connectivity index (χ1v) is 5.21. The van der Waals surface area contributed by atoms with Crippen molar-refractivity contribution < 1.29 is 15.3 Å². The lowest BCUT2D eigenvalue weighted by Crippen LogP contribution is -2.21. The highest BCUT2D eigenvalue weighted by Crippen LogP contribution is 2.29. The number of rotatable bonds is 4. The molecule has 0 spiro atoms. The van der Waals surface area contributed by atoms with E-state index in [9.17, 15) is 15.3 Å². The van der Waals surface area contributed by atoms with E-state index < -0.39 is 12.2 Å². The van der Waals surface area contributed by atoms with Crippen LogP contribution in [0.4, 0.5) is 0 Å². The van der Waals surface area contributed by atoms with Crippen molar-refractivity contribution in [1.82, 2.24) is 0 Å². The number of azide groups is 1. The molecule has 3 N–H and O–H groups in total. The largest absolute Gasteiger partial charge is 0.508 e. The van der Waals surface area contributed by atoms with E-state index in [1.54, 1.807) is 6.07 Å². The molecule has 1 aromatic rings. The summed E-state index contributed by atoms with van der Waals surface area (Å²) in [7, 11) is 0. The first-order valence-electron chi connectivity index (χ1n) is 4.41. The van der Waals surface area contributed by atoms with Gasteiger partial charge in [0.05, 0.1) is 12.6 Å². The maximum Gasteiger partial charge on any atom is 0.116 e. The summed E-state index contributed by atoms with van der Waals surface area (Å²) >= 11 is 3.18. The van der Waals surface area contributed by atoms with Gasteiger partial charge in [-0.15, -0.1) is 0 Å². The molecule has 0 aromatic heterocycles. The van der Waals surface area contributed by atoms with E-state index in [0.29, 0.717) is 10.0 Å². The molecule has 2 atom stereocenters. The minimum absolute atomic E-state index is 0.0202. The molecule has 6 nitrogen and oxygen atoms in total. The van der Waals surface area contributed by atoms with E-state index in [2.05, 4.69) is 26.0 Å². The smallest absolute Gasteiger partial charge is 0.116 e. The monoisotopic (exact) mass is 287 g/mol. The summed E-state index contributed by atoms with van der Waals surface area (Å²) < 4.78 is 0.554. The SMILES string of the molecule is [N-]=[N+]=NCC(O)C(O)c1cc(O)ccc1Br. The minimum Gasteiger partial charge on any atom is -0.508 e. The minimum atomic E-state index is -1.23. The van der Waals surface area contributed by atoms with Gasteiger partial charge in [-0.1, -0.05) is 21.0 Å². The number of halogens is 1. The number of nitrogens with zero attached hydrogens (tertiary/aromatic N) is 3. The molecule has 0 aliphatic rings. The fraction of sp³-hybridized carbons (Fsp3) is 0.333. The van der Waals surface area contributed by atoms with E-state index in [-0.39, 0.29) is 12.3 Å². The Morgan fingerprint density at radius 2 is 2.12 bits per heavy atom. The van der Waals surface area contributed by atoms with Crippen molar-refractivity contribution in [2.75, 3.05) is 6.54 Å². The molecule has 1 rings (SSSR count). The molecule has 7 heteroatoms. The van der Waals surface area contributed by atoms with Gasteiger partial charge in [0, 0.05) is 14.9 Å². The fourth-order valence-electron chi connectivity index (χ4n) is 1.19. The van der Waals surface area contributed by atoms with Crippen LogP contribution in [0, 0.1) is 0 Å². The number of aliphatic hydroxyl groups is 2. The van der Waals surface area contributed by atoms with Crippen LogP contribution >= 0.6 is 15.9 Å². The Bertz CT molecular complexity index is 420. The van der Waals surface area contributed by atoms with Gasteiger partial charge in [0.1, 0.15) is 11.9 Å². The number of aromatic hydroxyl groups is 1. The Morgan fingerprint density at radius 3 is 2.75 bits per heavy atom. The van der Waals surface area contributed by atoms with Crippen LogP contribution < -0.4 is 0 Å². The molecule has 86 valence electrons. The lowest BCUT2D eigenvalue weighted by Gasteiger charge is -2.17. The molecule has 0 aliphatic carbocycles. The molecule has 2 unspecified atom stereocenters. The van der Waals surface area contributed by atoms with Crippen molar-refractivity contribution in [2.24, 2.45) is 5.11 Å². The second-order valence-corrected chi connectivity index (χ2v) is 3.99. The predicted octanol–water partition coefficient (Wildman–Crippen LogP) is 1.86. The number of phenols is 1. The number of aliphatic hydroxyl groups excluding tert-OH is 2. The standard InChI is InChI=1S/C9H10BrN3O3/c10-7-2-1-5(14)3-6(7)9(16)8(15)4-12-13-11/h1-3,8-9,14-16H,4H2. The average molecular weight is 288 g/mol. The summed E-state index contributed by atoms with van der Waals surface area (Å²) in [5, 5.41) is 31.7. The third-order valence-electron chi connectivity index (χ3n) is 1.99. The average Bonchev–Trinajstić information content (AvgIpc) is 2.28. The molecular formula is C9H10BrN3O3. The van der Waals surface area contributed by atoms with Gasteiger partial charge in [-0.2, -0.15) is 0 Å². The molecule has 0 bridgehead atoms. The van der Waals surface area contributed by atoms with E-state index in [0.717, 1.165) is 0 Å². The van der Waals surface area contributed by atoms with Crippen LogP contribution in [-0.4, -0.2) is 28.0 Å². The molecule has 0 radical (unpaired) electrons. The fourth-order valence-corrected chi connectivity index (χ4v) is 1.67. The number of benzene rings is 1. The molecule has 0 fully saturated rings. The van der Waals surface area contributed by atoms with Gasteiger partial charge in [0.2, 0.25) is 0 Å². The third kappa shape index (κ3) is 3.11. The normalized spacial score (nSPS) is 13.9. The molecule has 0 saturated carbocycles. The van der Waals surface area contributed by atoms with E-state index in [1.807, 2.05) is 0 Å². The Balaban J connectivity index is 2.90.